The van der Waals surface area contributed by atoms with Crippen LogP contribution in [0.3, 0.4) is 0 Å². The molecule has 0 radical (unpaired) electrons. The SMILES string of the molecule is CCN(CC)C(=O)C1C(c2ccc(NC(=O)c3cccc(OC)c3)cc2)OC(=O)N1Cc1ccc(F)cc1. The van der Waals surface area contributed by atoms with Crippen LogP contribution >= 0.6 is 0 Å². The van der Waals surface area contributed by atoms with Gasteiger partial charge in [-0.15, -0.1) is 0 Å². The fourth-order valence-corrected chi connectivity index (χ4v) is 4.43. The number of amides is 3. The van der Waals surface area contributed by atoms with Crippen molar-refractivity contribution in [2.75, 3.05) is 25.5 Å². The molecule has 2 unspecified atom stereocenters. The van der Waals surface area contributed by atoms with Gasteiger partial charge in [-0.3, -0.25) is 14.5 Å². The van der Waals surface area contributed by atoms with Gasteiger partial charge in [-0.25, -0.2) is 9.18 Å². The van der Waals surface area contributed by atoms with Crippen LogP contribution in [0.4, 0.5) is 14.9 Å². The second-order valence-corrected chi connectivity index (χ2v) is 8.82. The second-order valence-electron chi connectivity index (χ2n) is 8.82. The average molecular weight is 520 g/mol. The number of ether oxygens (including phenoxy) is 2. The van der Waals surface area contributed by atoms with Crippen molar-refractivity contribution in [2.45, 2.75) is 32.5 Å². The van der Waals surface area contributed by atoms with Gasteiger partial charge in [0.15, 0.2) is 12.1 Å². The van der Waals surface area contributed by atoms with Crippen LogP contribution in [0.1, 0.15) is 41.4 Å². The predicted molar refractivity (Wildman–Crippen MR) is 140 cm³/mol. The van der Waals surface area contributed by atoms with E-state index in [0.717, 1.165) is 0 Å². The van der Waals surface area contributed by atoms with Crippen LogP contribution in [-0.4, -0.2) is 53.9 Å². The molecule has 38 heavy (non-hydrogen) atoms. The van der Waals surface area contributed by atoms with Crippen LogP contribution < -0.4 is 10.1 Å². The first kappa shape index (κ1) is 26.7. The third kappa shape index (κ3) is 5.77. The average Bonchev–Trinajstić information content (AvgIpc) is 3.26. The second kappa shape index (κ2) is 11.8. The van der Waals surface area contributed by atoms with Crippen molar-refractivity contribution >= 4 is 23.6 Å². The Labute approximate surface area is 221 Å². The van der Waals surface area contributed by atoms with Gasteiger partial charge in [0.05, 0.1) is 13.7 Å². The van der Waals surface area contributed by atoms with Gasteiger partial charge in [0.25, 0.3) is 5.91 Å². The molecular formula is C29H30FN3O5. The topological polar surface area (TPSA) is 88.2 Å². The smallest absolute Gasteiger partial charge is 0.411 e. The van der Waals surface area contributed by atoms with Crippen molar-refractivity contribution < 1.29 is 28.2 Å². The zero-order valence-corrected chi connectivity index (χ0v) is 21.5. The van der Waals surface area contributed by atoms with Crippen molar-refractivity contribution in [1.29, 1.82) is 0 Å². The number of anilines is 1. The van der Waals surface area contributed by atoms with E-state index in [0.29, 0.717) is 41.2 Å². The number of hydrogen-bond acceptors (Lipinski definition) is 5. The van der Waals surface area contributed by atoms with Crippen LogP contribution in [-0.2, 0) is 16.1 Å². The van der Waals surface area contributed by atoms with Gasteiger partial charge in [0.2, 0.25) is 5.91 Å². The minimum absolute atomic E-state index is 0.0992. The first-order chi connectivity index (χ1) is 18.3. The number of likely N-dealkylation sites (N-methyl/N-ethyl adjacent to an activating group) is 1. The lowest BCUT2D eigenvalue weighted by Crippen LogP contribution is -2.48. The molecule has 1 N–H and O–H groups in total. The fourth-order valence-electron chi connectivity index (χ4n) is 4.43. The Morgan fingerprint density at radius 3 is 2.34 bits per heavy atom. The molecule has 0 spiro atoms. The molecule has 3 amide bonds. The van der Waals surface area contributed by atoms with Crippen LogP contribution in [0.25, 0.3) is 0 Å². The highest BCUT2D eigenvalue weighted by Crippen LogP contribution is 2.35. The summed E-state index contributed by atoms with van der Waals surface area (Å²) in [6, 6.07) is 18.5. The summed E-state index contributed by atoms with van der Waals surface area (Å²) in [6.45, 7) is 4.80. The largest absolute Gasteiger partial charge is 0.497 e. The van der Waals surface area contributed by atoms with Crippen LogP contribution in [0.2, 0.25) is 0 Å². The number of methoxy groups -OCH3 is 1. The van der Waals surface area contributed by atoms with E-state index in [-0.39, 0.29) is 24.2 Å². The molecule has 4 rings (SSSR count). The molecule has 1 heterocycles. The maximum Gasteiger partial charge on any atom is 0.411 e. The molecule has 1 saturated heterocycles. The molecule has 2 atom stereocenters. The molecule has 198 valence electrons. The Kier molecular flexibility index (Phi) is 8.25. The van der Waals surface area contributed by atoms with E-state index in [2.05, 4.69) is 5.32 Å². The highest BCUT2D eigenvalue weighted by Gasteiger charge is 2.48. The quantitative estimate of drug-likeness (QED) is 0.429. The minimum atomic E-state index is -0.898. The van der Waals surface area contributed by atoms with E-state index in [1.54, 1.807) is 65.6 Å². The monoisotopic (exact) mass is 519 g/mol. The summed E-state index contributed by atoms with van der Waals surface area (Å²) in [4.78, 5) is 42.2. The molecule has 0 saturated carbocycles. The first-order valence-electron chi connectivity index (χ1n) is 12.4. The Bertz CT molecular complexity index is 1290. The zero-order valence-electron chi connectivity index (χ0n) is 21.5. The summed E-state index contributed by atoms with van der Waals surface area (Å²) >= 11 is 0. The molecule has 1 aliphatic rings. The summed E-state index contributed by atoms with van der Waals surface area (Å²) < 4.78 is 24.3. The van der Waals surface area contributed by atoms with Crippen LogP contribution in [0.15, 0.2) is 72.8 Å². The summed E-state index contributed by atoms with van der Waals surface area (Å²) in [5.74, 6) is -0.345. The molecule has 0 aliphatic carbocycles. The Morgan fingerprint density at radius 2 is 1.71 bits per heavy atom. The summed E-state index contributed by atoms with van der Waals surface area (Å²) in [5.41, 5.74) is 2.28. The number of hydrogen-bond donors (Lipinski definition) is 1. The van der Waals surface area contributed by atoms with E-state index in [1.165, 1.54) is 24.1 Å². The molecule has 0 bridgehead atoms. The van der Waals surface area contributed by atoms with Gasteiger partial charge in [-0.2, -0.15) is 0 Å². The van der Waals surface area contributed by atoms with E-state index in [9.17, 15) is 18.8 Å². The van der Waals surface area contributed by atoms with Crippen molar-refractivity contribution in [1.82, 2.24) is 9.80 Å². The summed E-state index contributed by atoms with van der Waals surface area (Å²) in [6.07, 6.45) is -1.47. The number of rotatable bonds is 9. The van der Waals surface area contributed by atoms with E-state index in [1.807, 2.05) is 13.8 Å². The summed E-state index contributed by atoms with van der Waals surface area (Å²) in [7, 11) is 1.53. The molecule has 0 aromatic heterocycles. The minimum Gasteiger partial charge on any atom is -0.497 e. The highest BCUT2D eigenvalue weighted by molar-refractivity contribution is 6.04. The molecule has 1 aliphatic heterocycles. The number of cyclic esters (lactones) is 1. The fraction of sp³-hybridized carbons (Fsp3) is 0.276. The number of carbonyl (C=O) groups excluding carboxylic acids is 3. The van der Waals surface area contributed by atoms with Crippen LogP contribution in [0, 0.1) is 5.82 Å². The molecule has 3 aromatic rings. The Hall–Kier alpha value is -4.40. The molecule has 1 fully saturated rings. The maximum atomic E-state index is 13.5. The lowest BCUT2D eigenvalue weighted by atomic mass is 9.99. The Morgan fingerprint density at radius 1 is 1.03 bits per heavy atom. The lowest BCUT2D eigenvalue weighted by Gasteiger charge is -2.29. The van der Waals surface area contributed by atoms with Gasteiger partial charge in [-0.05, 0) is 67.4 Å². The molecule has 9 heteroatoms. The molecule has 8 nitrogen and oxygen atoms in total. The Balaban J connectivity index is 1.57. The lowest BCUT2D eigenvalue weighted by molar-refractivity contribution is -0.136. The third-order valence-corrected chi connectivity index (χ3v) is 6.51. The maximum absolute atomic E-state index is 13.5. The van der Waals surface area contributed by atoms with Gasteiger partial charge < -0.3 is 19.7 Å². The highest BCUT2D eigenvalue weighted by atomic mass is 19.1. The van der Waals surface area contributed by atoms with Gasteiger partial charge in [-0.1, -0.05) is 30.3 Å². The van der Waals surface area contributed by atoms with Crippen molar-refractivity contribution in [3.05, 3.63) is 95.3 Å². The van der Waals surface area contributed by atoms with Crippen LogP contribution in [0.5, 0.6) is 5.75 Å². The van der Waals surface area contributed by atoms with E-state index >= 15 is 0 Å². The zero-order chi connectivity index (χ0) is 27.2. The first-order valence-corrected chi connectivity index (χ1v) is 12.4. The summed E-state index contributed by atoms with van der Waals surface area (Å²) in [5, 5.41) is 2.83. The van der Waals surface area contributed by atoms with Gasteiger partial charge >= 0.3 is 6.09 Å². The van der Waals surface area contributed by atoms with Gasteiger partial charge in [0, 0.05) is 24.3 Å². The normalized spacial score (nSPS) is 16.6. The number of nitrogens with zero attached hydrogens (tertiary/aromatic N) is 2. The predicted octanol–water partition coefficient (Wildman–Crippen LogP) is 5.02. The number of carbonyl (C=O) groups is 3. The van der Waals surface area contributed by atoms with E-state index < -0.39 is 18.2 Å². The molecular weight excluding hydrogens is 489 g/mol. The van der Waals surface area contributed by atoms with E-state index in [4.69, 9.17) is 9.47 Å². The number of halogens is 1. The standard InChI is InChI=1S/C29H30FN3O5/c1-4-32(5-2)28(35)25-26(38-29(36)33(25)18-19-9-13-22(30)14-10-19)20-11-15-23(16-12-20)31-27(34)21-7-6-8-24(17-21)37-3/h6-17,25-26H,4-5,18H2,1-3H3,(H,31,34). The van der Waals surface area contributed by atoms with Crippen molar-refractivity contribution in [3.63, 3.8) is 0 Å². The number of nitrogens with one attached hydrogen (secondary N) is 1. The number of benzene rings is 3. The molecule has 3 aromatic carbocycles. The van der Waals surface area contributed by atoms with Gasteiger partial charge in [0.1, 0.15) is 11.6 Å². The third-order valence-electron chi connectivity index (χ3n) is 6.51. The van der Waals surface area contributed by atoms with Crippen molar-refractivity contribution in [3.8, 4) is 5.75 Å². The van der Waals surface area contributed by atoms with Crippen molar-refractivity contribution in [2.24, 2.45) is 0 Å².